The number of hydrogen-bond acceptors (Lipinski definition) is 2. The Morgan fingerprint density at radius 1 is 0.852 bits per heavy atom. The number of halogens is 1. The molecule has 0 fully saturated rings. The van der Waals surface area contributed by atoms with Crippen LogP contribution in [0.2, 0.25) is 0 Å². The van der Waals surface area contributed by atoms with Crippen LogP contribution in [-0.4, -0.2) is 18.5 Å². The number of carbonyl (C=O) groups excluding carboxylic acids is 1. The predicted molar refractivity (Wildman–Crippen MR) is 119 cm³/mol. The Morgan fingerprint density at radius 2 is 1.33 bits per heavy atom. The van der Waals surface area contributed by atoms with Crippen LogP contribution in [0.1, 0.15) is 89.5 Å². The number of benzene rings is 1. The summed E-state index contributed by atoms with van der Waals surface area (Å²) >= 11 is 0. The van der Waals surface area contributed by atoms with E-state index in [0.717, 1.165) is 18.5 Å². The highest BCUT2D eigenvalue weighted by Gasteiger charge is 2.12. The Balaban J connectivity index is 0.00000676. The fourth-order valence-electron chi connectivity index (χ4n) is 3.27. The van der Waals surface area contributed by atoms with Crippen LogP contribution in [0.4, 0.5) is 0 Å². The monoisotopic (exact) mass is 396 g/mol. The lowest BCUT2D eigenvalue weighted by atomic mass is 10.0. The third kappa shape index (κ3) is 14.6. The highest BCUT2D eigenvalue weighted by atomic mass is 35.5. The van der Waals surface area contributed by atoms with E-state index in [9.17, 15) is 4.79 Å². The molecule has 0 aliphatic carbocycles. The summed E-state index contributed by atoms with van der Waals surface area (Å²) < 4.78 is 0. The Hall–Kier alpha value is -1.06. The summed E-state index contributed by atoms with van der Waals surface area (Å²) in [6.07, 6.45) is 16.6. The second-order valence-corrected chi connectivity index (χ2v) is 7.48. The summed E-state index contributed by atoms with van der Waals surface area (Å²) in [5, 5.41) is 2.97. The lowest BCUT2D eigenvalue weighted by molar-refractivity contribution is -0.122. The fraction of sp³-hybridized carbons (Fsp3) is 0.696. The van der Waals surface area contributed by atoms with Crippen LogP contribution in [0.15, 0.2) is 30.3 Å². The van der Waals surface area contributed by atoms with Gasteiger partial charge in [-0.1, -0.05) is 108 Å². The van der Waals surface area contributed by atoms with Crippen molar-refractivity contribution >= 4 is 18.3 Å². The number of hydrogen-bond donors (Lipinski definition) is 2. The molecule has 0 aliphatic rings. The van der Waals surface area contributed by atoms with Crippen molar-refractivity contribution in [3.05, 3.63) is 35.9 Å². The number of amides is 1. The van der Waals surface area contributed by atoms with Crippen LogP contribution in [0.3, 0.4) is 0 Å². The summed E-state index contributed by atoms with van der Waals surface area (Å²) in [4.78, 5) is 12.0. The zero-order chi connectivity index (χ0) is 18.9. The van der Waals surface area contributed by atoms with Gasteiger partial charge >= 0.3 is 0 Å². The van der Waals surface area contributed by atoms with Gasteiger partial charge in [0.2, 0.25) is 5.91 Å². The maximum absolute atomic E-state index is 12.0. The molecule has 0 aliphatic heterocycles. The highest BCUT2D eigenvalue weighted by Crippen LogP contribution is 2.11. The van der Waals surface area contributed by atoms with Crippen LogP contribution >= 0.6 is 12.4 Å². The number of nitrogens with two attached hydrogens (primary N) is 1. The molecule has 0 spiro atoms. The van der Waals surface area contributed by atoms with Crippen molar-refractivity contribution < 1.29 is 4.79 Å². The molecule has 3 N–H and O–H groups in total. The molecule has 1 aromatic carbocycles. The SMILES string of the molecule is CCCCCCCCCCCCCCNC(=O)[C@@H](N)Cc1ccccc1.Cl. The smallest absolute Gasteiger partial charge is 0.237 e. The molecule has 1 atom stereocenters. The summed E-state index contributed by atoms with van der Waals surface area (Å²) in [6, 6.07) is 9.51. The zero-order valence-electron chi connectivity index (χ0n) is 17.3. The van der Waals surface area contributed by atoms with Gasteiger partial charge in [0.1, 0.15) is 0 Å². The minimum absolute atomic E-state index is 0. The highest BCUT2D eigenvalue weighted by molar-refractivity contribution is 5.85. The van der Waals surface area contributed by atoms with Crippen LogP contribution in [0, 0.1) is 0 Å². The van der Waals surface area contributed by atoms with Crippen LogP contribution in [0.25, 0.3) is 0 Å². The molecule has 1 rings (SSSR count). The Kier molecular flexibility index (Phi) is 17.6. The van der Waals surface area contributed by atoms with Gasteiger partial charge < -0.3 is 11.1 Å². The molecule has 0 bridgehead atoms. The Labute approximate surface area is 173 Å². The first-order valence-electron chi connectivity index (χ1n) is 10.8. The molecule has 1 amide bonds. The summed E-state index contributed by atoms with van der Waals surface area (Å²) in [6.45, 7) is 3.02. The molecule has 27 heavy (non-hydrogen) atoms. The minimum Gasteiger partial charge on any atom is -0.355 e. The lowest BCUT2D eigenvalue weighted by Crippen LogP contribution is -2.42. The van der Waals surface area contributed by atoms with Crippen molar-refractivity contribution in [2.24, 2.45) is 5.73 Å². The molecule has 0 aromatic heterocycles. The summed E-state index contributed by atoms with van der Waals surface area (Å²) in [5.41, 5.74) is 7.10. The van der Waals surface area contributed by atoms with E-state index in [1.165, 1.54) is 70.6 Å². The average molecular weight is 397 g/mol. The fourth-order valence-corrected chi connectivity index (χ4v) is 3.27. The van der Waals surface area contributed by atoms with Crippen molar-refractivity contribution in [3.8, 4) is 0 Å². The van der Waals surface area contributed by atoms with E-state index in [4.69, 9.17) is 5.73 Å². The molecule has 0 unspecified atom stereocenters. The number of rotatable bonds is 16. The molecule has 0 saturated carbocycles. The zero-order valence-corrected chi connectivity index (χ0v) is 18.1. The molecule has 0 radical (unpaired) electrons. The number of nitrogens with one attached hydrogen (secondary N) is 1. The third-order valence-corrected chi connectivity index (χ3v) is 4.96. The second kappa shape index (κ2) is 18.3. The molecular formula is C23H41ClN2O. The van der Waals surface area contributed by atoms with Gasteiger partial charge in [0, 0.05) is 6.54 Å². The maximum atomic E-state index is 12.0. The molecule has 156 valence electrons. The van der Waals surface area contributed by atoms with Gasteiger partial charge in [-0.15, -0.1) is 12.4 Å². The van der Waals surface area contributed by atoms with Crippen LogP contribution in [0.5, 0.6) is 0 Å². The lowest BCUT2D eigenvalue weighted by Gasteiger charge is -2.12. The van der Waals surface area contributed by atoms with E-state index in [2.05, 4.69) is 12.2 Å². The van der Waals surface area contributed by atoms with Gasteiger partial charge in [-0.25, -0.2) is 0 Å². The first-order valence-corrected chi connectivity index (χ1v) is 10.8. The van der Waals surface area contributed by atoms with Gasteiger partial charge in [0.25, 0.3) is 0 Å². The maximum Gasteiger partial charge on any atom is 0.237 e. The normalized spacial score (nSPS) is 11.6. The van der Waals surface area contributed by atoms with Crippen molar-refractivity contribution in [3.63, 3.8) is 0 Å². The Bertz CT molecular complexity index is 453. The molecule has 0 saturated heterocycles. The van der Waals surface area contributed by atoms with E-state index in [1.807, 2.05) is 30.3 Å². The second-order valence-electron chi connectivity index (χ2n) is 7.48. The van der Waals surface area contributed by atoms with E-state index in [0.29, 0.717) is 6.42 Å². The van der Waals surface area contributed by atoms with E-state index in [-0.39, 0.29) is 18.3 Å². The third-order valence-electron chi connectivity index (χ3n) is 4.96. The quantitative estimate of drug-likeness (QED) is 0.347. The van der Waals surface area contributed by atoms with Gasteiger partial charge in [-0.05, 0) is 18.4 Å². The van der Waals surface area contributed by atoms with Crippen molar-refractivity contribution in [2.45, 2.75) is 96.4 Å². The van der Waals surface area contributed by atoms with E-state index < -0.39 is 6.04 Å². The first-order chi connectivity index (χ1) is 12.7. The standard InChI is InChI=1S/C23H40N2O.ClH/c1-2-3-4-5-6-7-8-9-10-11-12-16-19-25-23(26)22(24)20-21-17-14-13-15-18-21;/h13-15,17-18,22H,2-12,16,19-20,24H2,1H3,(H,25,26);1H/t22-;/m0./s1. The van der Waals surface area contributed by atoms with Gasteiger partial charge in [0.05, 0.1) is 6.04 Å². The first kappa shape index (κ1) is 25.9. The van der Waals surface area contributed by atoms with Gasteiger partial charge in [0.15, 0.2) is 0 Å². The number of carbonyl (C=O) groups is 1. The average Bonchev–Trinajstić information content (AvgIpc) is 2.66. The summed E-state index contributed by atoms with van der Waals surface area (Å²) in [7, 11) is 0. The topological polar surface area (TPSA) is 55.1 Å². The van der Waals surface area contributed by atoms with Crippen molar-refractivity contribution in [1.29, 1.82) is 0 Å². The molecular weight excluding hydrogens is 356 g/mol. The molecule has 3 nitrogen and oxygen atoms in total. The number of unbranched alkanes of at least 4 members (excludes halogenated alkanes) is 11. The molecule has 1 aromatic rings. The molecule has 0 heterocycles. The van der Waals surface area contributed by atoms with Gasteiger partial charge in [-0.2, -0.15) is 0 Å². The van der Waals surface area contributed by atoms with Crippen molar-refractivity contribution in [2.75, 3.05) is 6.54 Å². The predicted octanol–water partition coefficient (Wildman–Crippen LogP) is 5.80. The van der Waals surface area contributed by atoms with Gasteiger partial charge in [-0.3, -0.25) is 4.79 Å². The van der Waals surface area contributed by atoms with Crippen LogP contribution in [-0.2, 0) is 11.2 Å². The minimum atomic E-state index is -0.449. The molecule has 4 heteroatoms. The largest absolute Gasteiger partial charge is 0.355 e. The van der Waals surface area contributed by atoms with E-state index >= 15 is 0 Å². The van der Waals surface area contributed by atoms with Crippen molar-refractivity contribution in [1.82, 2.24) is 5.32 Å². The van der Waals surface area contributed by atoms with Crippen LogP contribution < -0.4 is 11.1 Å². The summed E-state index contributed by atoms with van der Waals surface area (Å²) in [5.74, 6) is -0.0306. The Morgan fingerprint density at radius 3 is 1.85 bits per heavy atom. The van der Waals surface area contributed by atoms with E-state index in [1.54, 1.807) is 0 Å².